The van der Waals surface area contributed by atoms with Crippen LogP contribution in [0.1, 0.15) is 73.7 Å². The Kier molecular flexibility index (Phi) is 17.2. The molecular weight excluding hydrogens is 1750 g/mol. The highest BCUT2D eigenvalue weighted by Gasteiger charge is 2.56. The van der Waals surface area contributed by atoms with Crippen molar-refractivity contribution in [2.24, 2.45) is 0 Å². The number of benzene rings is 21. The van der Waals surface area contributed by atoms with Crippen molar-refractivity contribution < 1.29 is 17.8 Å². The zero-order valence-electron chi connectivity index (χ0n) is 77.1. The minimum Gasteiger partial charge on any atom is -0.456 e. The number of imidazole rings is 2. The number of hydrogen-bond donors (Lipinski definition) is 0. The van der Waals surface area contributed by atoms with E-state index in [2.05, 4.69) is 404 Å². The van der Waals surface area contributed by atoms with Crippen LogP contribution in [0.4, 0.5) is 0 Å². The number of aromatic nitrogens is 4. The normalized spacial score (nSPS) is 15.1. The van der Waals surface area contributed by atoms with Crippen LogP contribution in [-0.2, 0) is 27.4 Å². The van der Waals surface area contributed by atoms with E-state index < -0.39 is 23.4 Å². The van der Waals surface area contributed by atoms with E-state index in [1.54, 1.807) is 0 Å². The molecule has 26 aromatic rings. The van der Waals surface area contributed by atoms with Gasteiger partial charge in [-0.2, -0.15) is 0 Å². The number of para-hydroxylation sites is 7. The van der Waals surface area contributed by atoms with Crippen molar-refractivity contribution in [3.05, 3.63) is 540 Å². The molecule has 8 nitrogen and oxygen atoms in total. The summed E-state index contributed by atoms with van der Waals surface area (Å²) in [5.41, 5.74) is 45.0. The Hall–Kier alpha value is -17.8. The smallest absolute Gasteiger partial charge is 0.171 e. The molecule has 6 aliphatic rings. The molecule has 0 aliphatic heterocycles. The topological polar surface area (TPSA) is 92.1 Å². The Bertz CT molecular complexity index is 9840. The van der Waals surface area contributed by atoms with Gasteiger partial charge < -0.3 is 22.4 Å². The maximum absolute atomic E-state index is 15.3. The SMILES string of the molecule is CCn1c(-c2cccc3c2-c2ccccc2C32c3ccccc3-c3cc4oc5ccccc5c4cc32)nc2ccccc21.O=P(c1ccccc1)(c1ccccc1)c1ccc2oc3cc4c(cc3c2c1)C1(c2ccccc2-c2ccccc21)c1ccccc1-4.c1ccc(-n2c(-c3ccc(-c4cccc5c4-c4ccccc4C54c5ccccc5-c5cc6oc7ccccc7c6cc54)cc3)nc3ccccc32)cc1. The highest BCUT2D eigenvalue weighted by atomic mass is 31.2. The van der Waals surface area contributed by atoms with Crippen molar-refractivity contribution in [2.45, 2.75) is 29.7 Å². The number of fused-ring (bicyclic) bond motifs is 41. The summed E-state index contributed by atoms with van der Waals surface area (Å²) in [4.78, 5) is 10.4. The average Bonchev–Trinajstić information content (AvgIpc) is 1.50. The summed E-state index contributed by atoms with van der Waals surface area (Å²) >= 11 is 0. The Labute approximate surface area is 818 Å². The fourth-order valence-electron chi connectivity index (χ4n) is 26.0. The van der Waals surface area contributed by atoms with E-state index in [9.17, 15) is 0 Å². The highest BCUT2D eigenvalue weighted by molar-refractivity contribution is 7.85. The fourth-order valence-corrected chi connectivity index (χ4v) is 28.6. The van der Waals surface area contributed by atoms with E-state index in [1.165, 1.54) is 156 Å². The van der Waals surface area contributed by atoms with Crippen molar-refractivity contribution in [3.8, 4) is 106 Å². The van der Waals surface area contributed by atoms with Crippen LogP contribution in [0, 0.1) is 0 Å². The quantitative estimate of drug-likeness (QED) is 0.141. The Morgan fingerprint density at radius 3 is 1.04 bits per heavy atom. The Morgan fingerprint density at radius 1 is 0.232 bits per heavy atom. The zero-order chi connectivity index (χ0) is 93.4. The van der Waals surface area contributed by atoms with Crippen LogP contribution in [-0.4, -0.2) is 19.1 Å². The van der Waals surface area contributed by atoms with E-state index >= 15 is 4.57 Å². The molecule has 6 aliphatic carbocycles. The summed E-state index contributed by atoms with van der Waals surface area (Å²) < 4.78 is 39.3. The molecule has 0 fully saturated rings. The molecule has 2 unspecified atom stereocenters. The number of hydrogen-bond acceptors (Lipinski definition) is 6. The molecule has 5 heterocycles. The largest absolute Gasteiger partial charge is 0.456 e. The van der Waals surface area contributed by atoms with Crippen LogP contribution in [0.25, 0.3) is 194 Å². The first-order chi connectivity index (χ1) is 70.3. The van der Waals surface area contributed by atoms with Crippen LogP contribution < -0.4 is 15.9 Å². The molecule has 0 saturated heterocycles. The van der Waals surface area contributed by atoms with E-state index in [0.29, 0.717) is 0 Å². The summed E-state index contributed by atoms with van der Waals surface area (Å²) in [6, 6.07) is 169. The minimum absolute atomic E-state index is 0.433. The average molecular weight is 1830 g/mol. The second kappa shape index (κ2) is 30.3. The second-order valence-electron chi connectivity index (χ2n) is 38.3. The number of rotatable bonds is 8. The van der Waals surface area contributed by atoms with Crippen molar-refractivity contribution in [2.75, 3.05) is 0 Å². The Balaban J connectivity index is 0.000000100. The van der Waals surface area contributed by atoms with E-state index in [1.807, 2.05) is 84.9 Å². The van der Waals surface area contributed by atoms with Crippen LogP contribution in [0.5, 0.6) is 0 Å². The van der Waals surface area contributed by atoms with Crippen LogP contribution >= 0.6 is 7.14 Å². The van der Waals surface area contributed by atoms with Gasteiger partial charge in [-0.25, -0.2) is 9.97 Å². The van der Waals surface area contributed by atoms with Crippen LogP contribution in [0.3, 0.4) is 0 Å². The van der Waals surface area contributed by atoms with Gasteiger partial charge in [-0.15, -0.1) is 0 Å². The van der Waals surface area contributed by atoms with E-state index in [0.717, 1.165) is 128 Å². The first kappa shape index (κ1) is 80.3. The van der Waals surface area contributed by atoms with Gasteiger partial charge in [0, 0.05) is 71.6 Å². The molecule has 32 rings (SSSR count). The van der Waals surface area contributed by atoms with Gasteiger partial charge in [0.15, 0.2) is 7.14 Å². The summed E-state index contributed by atoms with van der Waals surface area (Å²) in [7, 11) is -3.15. The van der Waals surface area contributed by atoms with Crippen LogP contribution in [0.2, 0.25) is 0 Å². The number of furan rings is 3. The van der Waals surface area contributed by atoms with Gasteiger partial charge in [0.2, 0.25) is 0 Å². The molecule has 664 valence electrons. The van der Waals surface area contributed by atoms with Crippen molar-refractivity contribution in [1.29, 1.82) is 0 Å². The van der Waals surface area contributed by atoms with Gasteiger partial charge >= 0.3 is 0 Å². The summed E-state index contributed by atoms with van der Waals surface area (Å²) in [5.74, 6) is 1.96. The summed E-state index contributed by atoms with van der Waals surface area (Å²) in [6.07, 6.45) is 0. The molecule has 5 aromatic heterocycles. The third-order valence-corrected chi connectivity index (χ3v) is 34.7. The molecule has 21 aromatic carbocycles. The van der Waals surface area contributed by atoms with Gasteiger partial charge in [-0.1, -0.05) is 370 Å². The molecule has 9 heteroatoms. The van der Waals surface area contributed by atoms with Gasteiger partial charge in [-0.05, 0) is 255 Å². The lowest BCUT2D eigenvalue weighted by Crippen LogP contribution is -2.25. The lowest BCUT2D eigenvalue weighted by atomic mass is 9.70. The molecule has 0 saturated carbocycles. The summed E-state index contributed by atoms with van der Waals surface area (Å²) in [5, 5.41) is 9.09. The van der Waals surface area contributed by atoms with E-state index in [-0.39, 0.29) is 0 Å². The predicted octanol–water partition coefficient (Wildman–Crippen LogP) is 32.1. The molecule has 0 amide bonds. The zero-order valence-corrected chi connectivity index (χ0v) is 78.0. The van der Waals surface area contributed by atoms with Crippen molar-refractivity contribution >= 4 is 111 Å². The summed E-state index contributed by atoms with van der Waals surface area (Å²) in [6.45, 7) is 3.06. The van der Waals surface area contributed by atoms with Crippen molar-refractivity contribution in [1.82, 2.24) is 19.1 Å². The maximum Gasteiger partial charge on any atom is 0.171 e. The number of nitrogens with zero attached hydrogens (tertiary/aromatic N) is 4. The molecule has 142 heavy (non-hydrogen) atoms. The first-order valence-electron chi connectivity index (χ1n) is 49.0. The molecule has 0 bridgehead atoms. The minimum atomic E-state index is -3.15. The molecule has 2 atom stereocenters. The lowest BCUT2D eigenvalue weighted by molar-refractivity contribution is 0.592. The lowest BCUT2D eigenvalue weighted by Gasteiger charge is -2.30. The molecular formula is C133H83N4O4P. The van der Waals surface area contributed by atoms with Gasteiger partial charge in [-0.3, -0.25) is 4.57 Å². The molecule has 0 N–H and O–H groups in total. The maximum atomic E-state index is 15.3. The van der Waals surface area contributed by atoms with Gasteiger partial charge in [0.1, 0.15) is 45.1 Å². The van der Waals surface area contributed by atoms with E-state index in [4.69, 9.17) is 23.2 Å². The molecule has 3 spiro atoms. The van der Waals surface area contributed by atoms with Crippen molar-refractivity contribution in [3.63, 3.8) is 0 Å². The fraction of sp³-hybridized carbons (Fsp3) is 0.0376. The third kappa shape index (κ3) is 10.9. The number of aryl methyl sites for hydroxylation is 1. The van der Waals surface area contributed by atoms with Crippen LogP contribution in [0.15, 0.2) is 486 Å². The van der Waals surface area contributed by atoms with Gasteiger partial charge in [0.05, 0.1) is 38.3 Å². The monoisotopic (exact) mass is 1830 g/mol. The standard InChI is InChI=1S/C50H30N2O.C43H27O2P.C40H26N2O/c1-2-13-33(14-3-1)52-45-23-10-9-22-44(45)51-49(52)32-27-25-31(26-28-32)34-18-12-21-42-48(34)37-17-5-8-20-41(37)50(42)40-19-7-4-15-35(40)38-30-47-39(29-43(38)50)36-16-6-11-24-46(36)53-47;44-46(28-13-3-1-4-14-28,29-15-5-2-6-16-29)30-23-24-41-35(25-30)36-26-40-34(27-42(36)45-41)33-19-9-12-22-39(33)43(40)37-20-10-7-17-31(37)32-18-8-11-21-38(32)43;1-2-42-35-20-9-8-19-34(35)41-39(42)27-15-11-18-32-38(27)26-14-4-7-17-31(26)40(32)30-16-6-3-12-24(30)28-23-37-29(22-33(28)40)25-13-5-10-21-36(25)43-37/h1-30H;1-27H;3-23H,2H2,1H3. The molecule has 0 radical (unpaired) electrons. The second-order valence-corrected chi connectivity index (χ2v) is 41.1. The highest BCUT2D eigenvalue weighted by Crippen LogP contribution is 2.69. The Morgan fingerprint density at radius 2 is 0.563 bits per heavy atom. The first-order valence-corrected chi connectivity index (χ1v) is 50.7. The predicted molar refractivity (Wildman–Crippen MR) is 579 cm³/mol. The van der Waals surface area contributed by atoms with Gasteiger partial charge in [0.25, 0.3) is 0 Å². The third-order valence-electron chi connectivity index (χ3n) is 31.6.